The lowest BCUT2D eigenvalue weighted by atomic mass is 9.81. The van der Waals surface area contributed by atoms with Gasteiger partial charge in [0.2, 0.25) is 10.0 Å². The number of carboxylic acid groups (broad SMARTS) is 1. The lowest BCUT2D eigenvalue weighted by molar-refractivity contribution is -0.148. The van der Waals surface area contributed by atoms with Gasteiger partial charge in [0.15, 0.2) is 0 Å². The molecule has 2 fully saturated rings. The van der Waals surface area contributed by atoms with Crippen molar-refractivity contribution in [1.29, 1.82) is 0 Å². The molecule has 0 saturated carbocycles. The van der Waals surface area contributed by atoms with Crippen molar-refractivity contribution in [3.63, 3.8) is 0 Å². The van der Waals surface area contributed by atoms with Crippen molar-refractivity contribution in [3.8, 4) is 0 Å². The minimum absolute atomic E-state index is 0.0456. The third kappa shape index (κ3) is 2.66. The predicted molar refractivity (Wildman–Crippen MR) is 81.2 cm³/mol. The molecule has 3 heterocycles. The van der Waals surface area contributed by atoms with E-state index < -0.39 is 21.4 Å². The van der Waals surface area contributed by atoms with E-state index in [2.05, 4.69) is 10.1 Å². The van der Waals surface area contributed by atoms with Gasteiger partial charge in [-0.3, -0.25) is 9.69 Å². The van der Waals surface area contributed by atoms with Crippen LogP contribution in [0.25, 0.3) is 0 Å². The molecule has 0 unspecified atom stereocenters. The Hall–Kier alpha value is -1.45. The fraction of sp³-hybridized carbons (Fsp3) is 0.714. The van der Waals surface area contributed by atoms with E-state index in [4.69, 9.17) is 4.52 Å². The normalized spacial score (nSPS) is 29.1. The molecule has 2 saturated heterocycles. The smallest absolute Gasteiger partial charge is 0.312 e. The number of nitrogens with zero attached hydrogens (tertiary/aromatic N) is 3. The van der Waals surface area contributed by atoms with E-state index in [-0.39, 0.29) is 19.0 Å². The molecule has 0 radical (unpaired) electrons. The molecule has 2 aliphatic rings. The predicted octanol–water partition coefficient (Wildman–Crippen LogP) is 0.0694. The Bertz CT molecular complexity index is 724. The Balaban J connectivity index is 1.81. The summed E-state index contributed by atoms with van der Waals surface area (Å²) >= 11 is 0. The third-order valence-corrected chi connectivity index (χ3v) is 6.32. The fourth-order valence-corrected chi connectivity index (χ4v) is 4.67. The number of fused-ring (bicyclic) bond motifs is 1. The second-order valence-corrected chi connectivity index (χ2v) is 8.67. The molecule has 0 bridgehead atoms. The molecule has 0 aliphatic carbocycles. The van der Waals surface area contributed by atoms with Gasteiger partial charge in [0, 0.05) is 44.2 Å². The van der Waals surface area contributed by atoms with Gasteiger partial charge in [0.25, 0.3) is 0 Å². The molecule has 8 nitrogen and oxygen atoms in total. The van der Waals surface area contributed by atoms with Crippen LogP contribution >= 0.6 is 0 Å². The van der Waals surface area contributed by atoms with Crippen molar-refractivity contribution in [1.82, 2.24) is 14.4 Å². The first kappa shape index (κ1) is 16.4. The number of hydrogen-bond acceptors (Lipinski definition) is 6. The Morgan fingerprint density at radius 2 is 2.09 bits per heavy atom. The van der Waals surface area contributed by atoms with Gasteiger partial charge in [-0.05, 0) is 13.8 Å². The minimum atomic E-state index is -3.37. The summed E-state index contributed by atoms with van der Waals surface area (Å²) in [7, 11) is -3.37. The highest BCUT2D eigenvalue weighted by Crippen LogP contribution is 2.44. The van der Waals surface area contributed by atoms with Gasteiger partial charge < -0.3 is 9.63 Å². The maximum absolute atomic E-state index is 11.9. The lowest BCUT2D eigenvalue weighted by Gasteiger charge is -2.24. The quantitative estimate of drug-likeness (QED) is 0.825. The first-order chi connectivity index (χ1) is 10.6. The van der Waals surface area contributed by atoms with Crippen LogP contribution in [0.2, 0.25) is 0 Å². The van der Waals surface area contributed by atoms with Crippen LogP contribution in [0.3, 0.4) is 0 Å². The number of carbonyl (C=O) groups is 1. The second-order valence-electron chi connectivity index (χ2n) is 6.69. The first-order valence-corrected chi connectivity index (χ1v) is 9.31. The van der Waals surface area contributed by atoms with Crippen LogP contribution < -0.4 is 0 Å². The van der Waals surface area contributed by atoms with E-state index in [0.29, 0.717) is 19.6 Å². The minimum Gasteiger partial charge on any atom is -0.481 e. The number of aliphatic carboxylic acids is 1. The van der Waals surface area contributed by atoms with Crippen LogP contribution in [0.1, 0.15) is 17.0 Å². The highest BCUT2D eigenvalue weighted by Gasteiger charge is 2.59. The molecular formula is C14H21N3O5S. The monoisotopic (exact) mass is 343 g/mol. The molecule has 23 heavy (non-hydrogen) atoms. The van der Waals surface area contributed by atoms with Crippen LogP contribution in [-0.2, 0) is 21.4 Å². The Morgan fingerprint density at radius 1 is 1.39 bits per heavy atom. The van der Waals surface area contributed by atoms with Crippen LogP contribution in [0, 0.1) is 25.2 Å². The summed E-state index contributed by atoms with van der Waals surface area (Å²) in [4.78, 5) is 13.9. The number of carboxylic acids is 1. The van der Waals surface area contributed by atoms with Crippen LogP contribution in [0.4, 0.5) is 0 Å². The van der Waals surface area contributed by atoms with Crippen LogP contribution in [0.5, 0.6) is 0 Å². The first-order valence-electron chi connectivity index (χ1n) is 7.46. The van der Waals surface area contributed by atoms with Gasteiger partial charge >= 0.3 is 5.97 Å². The topological polar surface area (TPSA) is 104 Å². The average Bonchev–Trinajstić information content (AvgIpc) is 3.04. The molecule has 3 rings (SSSR count). The third-order valence-electron chi connectivity index (χ3n) is 5.11. The summed E-state index contributed by atoms with van der Waals surface area (Å²) in [6.45, 7) is 5.48. The Kier molecular flexibility index (Phi) is 3.77. The van der Waals surface area contributed by atoms with E-state index >= 15 is 0 Å². The van der Waals surface area contributed by atoms with Crippen molar-refractivity contribution in [3.05, 3.63) is 17.0 Å². The zero-order valence-electron chi connectivity index (χ0n) is 13.4. The largest absolute Gasteiger partial charge is 0.481 e. The lowest BCUT2D eigenvalue weighted by Crippen LogP contribution is -2.41. The number of likely N-dealkylation sites (tertiary alicyclic amines) is 1. The number of sulfonamides is 1. The number of hydrogen-bond donors (Lipinski definition) is 1. The summed E-state index contributed by atoms with van der Waals surface area (Å²) in [6, 6.07) is 0. The molecule has 1 N–H and O–H groups in total. The van der Waals surface area contributed by atoms with Crippen molar-refractivity contribution >= 4 is 16.0 Å². The Labute approximate surface area is 135 Å². The molecule has 2 atom stereocenters. The molecule has 128 valence electrons. The van der Waals surface area contributed by atoms with Crippen LogP contribution in [0.15, 0.2) is 4.52 Å². The molecule has 1 aromatic heterocycles. The zero-order valence-corrected chi connectivity index (χ0v) is 14.3. The summed E-state index contributed by atoms with van der Waals surface area (Å²) in [5.74, 6) is -0.383. The van der Waals surface area contributed by atoms with E-state index in [9.17, 15) is 18.3 Å². The van der Waals surface area contributed by atoms with Gasteiger partial charge in [-0.25, -0.2) is 12.7 Å². The summed E-state index contributed by atoms with van der Waals surface area (Å²) in [5, 5.41) is 13.7. The Morgan fingerprint density at radius 3 is 2.57 bits per heavy atom. The molecule has 0 aromatic carbocycles. The molecule has 2 aliphatic heterocycles. The second kappa shape index (κ2) is 5.29. The molecular weight excluding hydrogens is 322 g/mol. The van der Waals surface area contributed by atoms with E-state index in [1.54, 1.807) is 0 Å². The van der Waals surface area contributed by atoms with Gasteiger partial charge in [-0.15, -0.1) is 0 Å². The van der Waals surface area contributed by atoms with E-state index in [1.807, 2.05) is 13.8 Å². The van der Waals surface area contributed by atoms with Crippen molar-refractivity contribution in [2.24, 2.45) is 11.3 Å². The highest BCUT2D eigenvalue weighted by atomic mass is 32.2. The summed E-state index contributed by atoms with van der Waals surface area (Å²) < 4.78 is 30.0. The average molecular weight is 343 g/mol. The molecule has 9 heteroatoms. The van der Waals surface area contributed by atoms with Crippen LogP contribution in [-0.4, -0.2) is 66.3 Å². The van der Waals surface area contributed by atoms with E-state index in [1.165, 1.54) is 4.31 Å². The molecule has 0 amide bonds. The number of aromatic nitrogens is 1. The van der Waals surface area contributed by atoms with Gasteiger partial charge in [-0.2, -0.15) is 0 Å². The van der Waals surface area contributed by atoms with Crippen molar-refractivity contribution in [2.45, 2.75) is 20.4 Å². The number of rotatable bonds is 4. The fourth-order valence-electron chi connectivity index (χ4n) is 3.75. The van der Waals surface area contributed by atoms with E-state index in [0.717, 1.165) is 23.3 Å². The van der Waals surface area contributed by atoms with Gasteiger partial charge in [0.05, 0.1) is 17.4 Å². The van der Waals surface area contributed by atoms with Gasteiger partial charge in [0.1, 0.15) is 5.76 Å². The van der Waals surface area contributed by atoms with Crippen molar-refractivity contribution in [2.75, 3.05) is 32.4 Å². The number of aryl methyl sites for hydroxylation is 2. The summed E-state index contributed by atoms with van der Waals surface area (Å²) in [6.07, 6.45) is 1.13. The SMILES string of the molecule is Cc1noc(C)c1CN1C[C@H]2CN(S(C)(=O)=O)C[C@@]2(C(=O)O)C1. The molecule has 1 aromatic rings. The highest BCUT2D eigenvalue weighted by molar-refractivity contribution is 7.88. The molecule has 0 spiro atoms. The maximum atomic E-state index is 11.9. The van der Waals surface area contributed by atoms with Gasteiger partial charge in [-0.1, -0.05) is 5.16 Å². The van der Waals surface area contributed by atoms with Crippen molar-refractivity contribution < 1.29 is 22.8 Å². The standard InChI is InChI=1S/C14H21N3O5S/c1-9-12(10(2)22-15-9)6-16-4-11-5-17(23(3,20)21)8-14(11,7-16)13(18)19/h11H,4-8H2,1-3H3,(H,18,19)/t11-,14-/m0/s1. The zero-order chi connectivity index (χ0) is 17.0. The maximum Gasteiger partial charge on any atom is 0.312 e. The summed E-state index contributed by atoms with van der Waals surface area (Å²) in [5.41, 5.74) is 0.759.